The number of anilines is 2. The molecule has 0 saturated carbocycles. The van der Waals surface area contributed by atoms with Crippen molar-refractivity contribution in [2.75, 3.05) is 11.4 Å². The number of nitriles is 1. The van der Waals surface area contributed by atoms with E-state index in [0.717, 1.165) is 11.5 Å². The summed E-state index contributed by atoms with van der Waals surface area (Å²) in [6.07, 6.45) is 1.81. The highest BCUT2D eigenvalue weighted by Crippen LogP contribution is 2.27. The lowest BCUT2D eigenvalue weighted by molar-refractivity contribution is 0.857. The molecule has 2 heterocycles. The minimum absolute atomic E-state index is 0.336. The van der Waals surface area contributed by atoms with Crippen molar-refractivity contribution < 1.29 is 0 Å². The van der Waals surface area contributed by atoms with Crippen molar-refractivity contribution in [1.82, 2.24) is 19.6 Å². The van der Waals surface area contributed by atoms with Gasteiger partial charge >= 0.3 is 0 Å². The Hall–Kier alpha value is -2.65. The molecule has 0 saturated heterocycles. The molecule has 0 amide bonds. The number of fused-ring (bicyclic) bond motifs is 1. The summed E-state index contributed by atoms with van der Waals surface area (Å²) in [5, 5.41) is 13.4. The quantitative estimate of drug-likeness (QED) is 0.693. The lowest BCUT2D eigenvalue weighted by Gasteiger charge is -2.24. The third-order valence-corrected chi connectivity index (χ3v) is 3.19. The molecule has 1 aromatic carbocycles. The van der Waals surface area contributed by atoms with Gasteiger partial charge < -0.3 is 4.90 Å². The maximum Gasteiger partial charge on any atom is 0.255 e. The highest BCUT2D eigenvalue weighted by molar-refractivity contribution is 6.29. The van der Waals surface area contributed by atoms with Gasteiger partial charge in [-0.05, 0) is 12.1 Å². The number of halogens is 1. The maximum atomic E-state index is 8.89. The summed E-state index contributed by atoms with van der Waals surface area (Å²) < 4.78 is 1.61. The van der Waals surface area contributed by atoms with Crippen molar-refractivity contribution in [2.45, 2.75) is 6.42 Å². The molecule has 0 atom stereocenters. The van der Waals surface area contributed by atoms with Crippen LogP contribution in [0.3, 0.4) is 0 Å². The summed E-state index contributed by atoms with van der Waals surface area (Å²) in [6.45, 7) is 0.524. The molecule has 3 rings (SSSR count). The molecule has 0 spiro atoms. The van der Waals surface area contributed by atoms with E-state index in [9.17, 15) is 0 Å². The largest absolute Gasteiger partial charge is 0.325 e. The van der Waals surface area contributed by atoms with Crippen LogP contribution in [0.2, 0.25) is 5.15 Å². The summed E-state index contributed by atoms with van der Waals surface area (Å²) in [4.78, 5) is 10.1. The molecule has 6 nitrogen and oxygen atoms in total. The topological polar surface area (TPSA) is 70.1 Å². The van der Waals surface area contributed by atoms with Gasteiger partial charge in [-0.3, -0.25) is 0 Å². The molecule has 0 aliphatic heterocycles. The third-order valence-electron chi connectivity index (χ3n) is 2.99. The molecule has 21 heavy (non-hydrogen) atoms. The molecule has 0 radical (unpaired) electrons. The van der Waals surface area contributed by atoms with Crippen LogP contribution in [0.4, 0.5) is 11.5 Å². The zero-order valence-corrected chi connectivity index (χ0v) is 11.8. The van der Waals surface area contributed by atoms with Crippen molar-refractivity contribution in [3.63, 3.8) is 0 Å². The Morgan fingerprint density at radius 2 is 2.10 bits per heavy atom. The van der Waals surface area contributed by atoms with E-state index in [1.54, 1.807) is 10.6 Å². The van der Waals surface area contributed by atoms with Crippen molar-refractivity contribution in [3.8, 4) is 6.07 Å². The zero-order valence-electron chi connectivity index (χ0n) is 11.0. The lowest BCUT2D eigenvalue weighted by atomic mass is 10.2. The van der Waals surface area contributed by atoms with Crippen LogP contribution in [0.25, 0.3) is 5.78 Å². The fourth-order valence-corrected chi connectivity index (χ4v) is 2.28. The molecule has 0 bridgehead atoms. The van der Waals surface area contributed by atoms with Crippen molar-refractivity contribution in [2.24, 2.45) is 0 Å². The second kappa shape index (κ2) is 5.77. The predicted molar refractivity (Wildman–Crippen MR) is 79.5 cm³/mol. The Balaban J connectivity index is 2.14. The fourth-order valence-electron chi connectivity index (χ4n) is 2.11. The van der Waals surface area contributed by atoms with Crippen LogP contribution in [-0.4, -0.2) is 26.1 Å². The van der Waals surface area contributed by atoms with Crippen LogP contribution in [0, 0.1) is 11.3 Å². The van der Waals surface area contributed by atoms with Crippen LogP contribution < -0.4 is 4.90 Å². The second-order valence-electron chi connectivity index (χ2n) is 4.30. The van der Waals surface area contributed by atoms with Gasteiger partial charge in [-0.15, -0.1) is 0 Å². The summed E-state index contributed by atoms with van der Waals surface area (Å²) in [7, 11) is 0. The number of benzene rings is 1. The number of rotatable bonds is 4. The van der Waals surface area contributed by atoms with Crippen LogP contribution in [0.5, 0.6) is 0 Å². The zero-order chi connectivity index (χ0) is 14.7. The summed E-state index contributed by atoms with van der Waals surface area (Å²) >= 11 is 6.06. The predicted octanol–water partition coefficient (Wildman–Crippen LogP) is 2.83. The van der Waals surface area contributed by atoms with Crippen molar-refractivity contribution in [1.29, 1.82) is 5.26 Å². The Kier molecular flexibility index (Phi) is 3.67. The first-order chi connectivity index (χ1) is 10.3. The molecule has 0 aliphatic rings. The summed E-state index contributed by atoms with van der Waals surface area (Å²) in [5.41, 5.74) is 0.951. The molecule has 0 unspecified atom stereocenters. The van der Waals surface area contributed by atoms with Gasteiger partial charge in [-0.2, -0.15) is 24.8 Å². The SMILES string of the molecule is N#CCCN(c1ccccc1)c1cc(Cl)nc2ncnn12. The Morgan fingerprint density at radius 3 is 2.86 bits per heavy atom. The van der Waals surface area contributed by atoms with Crippen LogP contribution in [-0.2, 0) is 0 Å². The van der Waals surface area contributed by atoms with Gasteiger partial charge in [0.15, 0.2) is 0 Å². The Bertz CT molecular complexity index is 792. The number of para-hydroxylation sites is 1. The molecular formula is C14H11ClN6. The van der Waals surface area contributed by atoms with Gasteiger partial charge in [0, 0.05) is 18.3 Å². The van der Waals surface area contributed by atoms with Crippen molar-refractivity contribution >= 4 is 28.9 Å². The van der Waals surface area contributed by atoms with Gasteiger partial charge in [0.1, 0.15) is 17.3 Å². The molecule has 0 aliphatic carbocycles. The first-order valence-electron chi connectivity index (χ1n) is 6.35. The molecule has 7 heteroatoms. The van der Waals surface area contributed by atoms with Gasteiger partial charge in [0.05, 0.1) is 12.5 Å². The van der Waals surface area contributed by atoms with E-state index < -0.39 is 0 Å². The van der Waals surface area contributed by atoms with Gasteiger partial charge in [-0.1, -0.05) is 29.8 Å². The Morgan fingerprint density at radius 1 is 1.29 bits per heavy atom. The molecule has 2 aromatic heterocycles. The van der Waals surface area contributed by atoms with E-state index in [1.807, 2.05) is 35.2 Å². The van der Waals surface area contributed by atoms with E-state index in [2.05, 4.69) is 21.1 Å². The van der Waals surface area contributed by atoms with Crippen molar-refractivity contribution in [3.05, 3.63) is 47.9 Å². The second-order valence-corrected chi connectivity index (χ2v) is 4.69. The van der Waals surface area contributed by atoms with E-state index >= 15 is 0 Å². The van der Waals surface area contributed by atoms with E-state index in [0.29, 0.717) is 23.9 Å². The first kappa shape index (κ1) is 13.3. The third kappa shape index (κ3) is 2.64. The van der Waals surface area contributed by atoms with Gasteiger partial charge in [0.25, 0.3) is 5.78 Å². The minimum atomic E-state index is 0.336. The standard InChI is InChI=1S/C14H11ClN6/c15-12-9-13(21-14(19-12)17-10-18-21)20(8-4-7-16)11-5-2-1-3-6-11/h1-3,5-6,9-10H,4,8H2. The first-order valence-corrected chi connectivity index (χ1v) is 6.73. The van der Waals surface area contributed by atoms with Crippen LogP contribution in [0.1, 0.15) is 6.42 Å². The Labute approximate surface area is 126 Å². The molecule has 3 aromatic rings. The normalized spacial score (nSPS) is 10.5. The molecule has 0 fully saturated rings. The average Bonchev–Trinajstić information content (AvgIpc) is 2.96. The fraction of sp³-hybridized carbons (Fsp3) is 0.143. The monoisotopic (exact) mass is 298 g/mol. The highest BCUT2D eigenvalue weighted by Gasteiger charge is 2.15. The number of hydrogen-bond acceptors (Lipinski definition) is 5. The van der Waals surface area contributed by atoms with Crippen LogP contribution in [0.15, 0.2) is 42.7 Å². The van der Waals surface area contributed by atoms with E-state index in [4.69, 9.17) is 16.9 Å². The van der Waals surface area contributed by atoms with Gasteiger partial charge in [0.2, 0.25) is 0 Å². The van der Waals surface area contributed by atoms with E-state index in [1.165, 1.54) is 6.33 Å². The molecule has 104 valence electrons. The molecule has 0 N–H and O–H groups in total. The summed E-state index contributed by atoms with van der Waals surface area (Å²) in [6, 6.07) is 13.6. The highest BCUT2D eigenvalue weighted by atomic mass is 35.5. The number of aromatic nitrogens is 4. The van der Waals surface area contributed by atoms with Gasteiger partial charge in [-0.25, -0.2) is 0 Å². The lowest BCUT2D eigenvalue weighted by Crippen LogP contribution is -2.21. The number of hydrogen-bond donors (Lipinski definition) is 0. The summed E-state index contributed by atoms with van der Waals surface area (Å²) in [5.74, 6) is 1.15. The smallest absolute Gasteiger partial charge is 0.255 e. The maximum absolute atomic E-state index is 8.89. The van der Waals surface area contributed by atoms with E-state index in [-0.39, 0.29) is 0 Å². The molecular weight excluding hydrogens is 288 g/mol. The average molecular weight is 299 g/mol. The van der Waals surface area contributed by atoms with Crippen LogP contribution >= 0.6 is 11.6 Å². The minimum Gasteiger partial charge on any atom is -0.325 e. The number of nitrogens with zero attached hydrogens (tertiary/aromatic N) is 6.